The van der Waals surface area contributed by atoms with Gasteiger partial charge >= 0.3 is 0 Å². The number of pyridine rings is 1. The summed E-state index contributed by atoms with van der Waals surface area (Å²) in [5, 5.41) is 5.90. The van der Waals surface area contributed by atoms with Crippen molar-refractivity contribution >= 4 is 17.5 Å². The summed E-state index contributed by atoms with van der Waals surface area (Å²) in [4.78, 5) is 29.0. The number of rotatable bonds is 6. The molecule has 2 N–H and O–H groups in total. The molecule has 0 saturated heterocycles. The molecule has 27 heavy (non-hydrogen) atoms. The first kappa shape index (κ1) is 18.9. The van der Waals surface area contributed by atoms with Crippen molar-refractivity contribution in [2.24, 2.45) is 11.8 Å². The zero-order valence-corrected chi connectivity index (χ0v) is 15.5. The van der Waals surface area contributed by atoms with Crippen LogP contribution in [-0.4, -0.2) is 23.9 Å². The van der Waals surface area contributed by atoms with Crippen molar-refractivity contribution < 1.29 is 14.3 Å². The molecular formula is C21H25N3O3. The smallest absolute Gasteiger partial charge is 0.227 e. The summed E-state index contributed by atoms with van der Waals surface area (Å²) in [6, 6.07) is 12.9. The maximum Gasteiger partial charge on any atom is 0.227 e. The number of ether oxygens (including phenoxy) is 1. The van der Waals surface area contributed by atoms with Crippen LogP contribution in [0.1, 0.15) is 31.4 Å². The van der Waals surface area contributed by atoms with Gasteiger partial charge in [-0.15, -0.1) is 0 Å². The number of hydrogen-bond donors (Lipinski definition) is 2. The van der Waals surface area contributed by atoms with E-state index in [4.69, 9.17) is 4.74 Å². The lowest BCUT2D eigenvalue weighted by molar-refractivity contribution is -0.128. The Morgan fingerprint density at radius 2 is 1.67 bits per heavy atom. The monoisotopic (exact) mass is 367 g/mol. The third-order valence-corrected chi connectivity index (χ3v) is 5.00. The quantitative estimate of drug-likeness (QED) is 0.822. The predicted molar refractivity (Wildman–Crippen MR) is 103 cm³/mol. The molecule has 0 aliphatic heterocycles. The highest BCUT2D eigenvalue weighted by Crippen LogP contribution is 2.30. The summed E-state index contributed by atoms with van der Waals surface area (Å²) < 4.78 is 5.12. The molecular weight excluding hydrogens is 342 g/mol. The minimum atomic E-state index is -0.0491. The molecule has 0 radical (unpaired) electrons. The number of nitrogens with one attached hydrogen (secondary N) is 2. The Bertz CT molecular complexity index is 754. The molecule has 1 aliphatic carbocycles. The van der Waals surface area contributed by atoms with E-state index in [-0.39, 0.29) is 23.7 Å². The highest BCUT2D eigenvalue weighted by Gasteiger charge is 2.29. The lowest BCUT2D eigenvalue weighted by Gasteiger charge is -2.27. The maximum atomic E-state index is 12.5. The van der Waals surface area contributed by atoms with E-state index in [9.17, 15) is 9.59 Å². The van der Waals surface area contributed by atoms with Crippen LogP contribution >= 0.6 is 0 Å². The molecule has 3 rings (SSSR count). The molecule has 0 spiro atoms. The third kappa shape index (κ3) is 5.29. The van der Waals surface area contributed by atoms with Gasteiger partial charge in [-0.3, -0.25) is 14.6 Å². The fourth-order valence-corrected chi connectivity index (χ4v) is 3.36. The van der Waals surface area contributed by atoms with Gasteiger partial charge in [0, 0.05) is 23.7 Å². The van der Waals surface area contributed by atoms with E-state index < -0.39 is 0 Å². The molecule has 1 saturated carbocycles. The number of methoxy groups -OCH3 is 1. The first-order valence-corrected chi connectivity index (χ1v) is 9.28. The van der Waals surface area contributed by atoms with Crippen molar-refractivity contribution in [2.45, 2.75) is 32.2 Å². The van der Waals surface area contributed by atoms with E-state index in [1.54, 1.807) is 13.3 Å². The van der Waals surface area contributed by atoms with Gasteiger partial charge < -0.3 is 15.4 Å². The summed E-state index contributed by atoms with van der Waals surface area (Å²) >= 11 is 0. The minimum absolute atomic E-state index is 0.0208. The first-order valence-electron chi connectivity index (χ1n) is 9.28. The second kappa shape index (κ2) is 9.16. The Morgan fingerprint density at radius 3 is 2.26 bits per heavy atom. The van der Waals surface area contributed by atoms with E-state index in [1.165, 1.54) is 0 Å². The topological polar surface area (TPSA) is 80.3 Å². The van der Waals surface area contributed by atoms with Crippen molar-refractivity contribution in [2.75, 3.05) is 12.4 Å². The van der Waals surface area contributed by atoms with Crippen LogP contribution in [-0.2, 0) is 16.1 Å². The van der Waals surface area contributed by atoms with E-state index in [0.29, 0.717) is 6.54 Å². The number of aromatic nitrogens is 1. The highest BCUT2D eigenvalue weighted by molar-refractivity contribution is 5.92. The van der Waals surface area contributed by atoms with Crippen molar-refractivity contribution in [3.8, 4) is 5.75 Å². The molecule has 6 nitrogen and oxygen atoms in total. The number of benzene rings is 1. The Labute approximate surface area is 159 Å². The molecule has 1 fully saturated rings. The van der Waals surface area contributed by atoms with Gasteiger partial charge in [-0.1, -0.05) is 6.07 Å². The number of hydrogen-bond acceptors (Lipinski definition) is 4. The lowest BCUT2D eigenvalue weighted by Crippen LogP contribution is -2.35. The number of nitrogens with zero attached hydrogens (tertiary/aromatic N) is 1. The molecule has 142 valence electrons. The molecule has 1 aromatic carbocycles. The van der Waals surface area contributed by atoms with Gasteiger partial charge in [0.25, 0.3) is 0 Å². The minimum Gasteiger partial charge on any atom is -0.497 e. The summed E-state index contributed by atoms with van der Waals surface area (Å²) in [7, 11) is 1.61. The molecule has 6 heteroatoms. The Kier molecular flexibility index (Phi) is 6.41. The predicted octanol–water partition coefficient (Wildman–Crippen LogP) is 3.15. The van der Waals surface area contributed by atoms with Gasteiger partial charge in [-0.25, -0.2) is 0 Å². The zero-order valence-electron chi connectivity index (χ0n) is 15.5. The van der Waals surface area contributed by atoms with Crippen molar-refractivity contribution in [3.05, 3.63) is 54.4 Å². The van der Waals surface area contributed by atoms with Gasteiger partial charge in [0.1, 0.15) is 5.75 Å². The van der Waals surface area contributed by atoms with Crippen LogP contribution in [0.15, 0.2) is 48.7 Å². The summed E-state index contributed by atoms with van der Waals surface area (Å²) in [5.74, 6) is 0.748. The van der Waals surface area contributed by atoms with E-state index in [2.05, 4.69) is 15.6 Å². The zero-order chi connectivity index (χ0) is 19.1. The first-order chi connectivity index (χ1) is 13.2. The van der Waals surface area contributed by atoms with Crippen LogP contribution in [0.5, 0.6) is 5.75 Å². The Hall–Kier alpha value is -2.89. The largest absolute Gasteiger partial charge is 0.497 e. The second-order valence-electron chi connectivity index (χ2n) is 6.81. The van der Waals surface area contributed by atoms with Crippen LogP contribution < -0.4 is 15.4 Å². The Balaban J connectivity index is 1.43. The highest BCUT2D eigenvalue weighted by atomic mass is 16.5. The van der Waals surface area contributed by atoms with Crippen LogP contribution in [0.3, 0.4) is 0 Å². The van der Waals surface area contributed by atoms with Gasteiger partial charge in [-0.05, 0) is 62.1 Å². The standard InChI is InChI=1S/C21H25N3O3/c1-27-19-11-9-17(10-12-19)24-21(26)16-7-5-15(6-8-16)20(25)23-14-18-4-2-3-13-22-18/h2-4,9-13,15-16H,5-8,14H2,1H3,(H,23,25)(H,24,26). The maximum absolute atomic E-state index is 12.5. The second-order valence-corrected chi connectivity index (χ2v) is 6.81. The normalized spacial score (nSPS) is 19.1. The Morgan fingerprint density at radius 1 is 1.00 bits per heavy atom. The number of carbonyl (C=O) groups is 2. The number of amides is 2. The van der Waals surface area contributed by atoms with Crippen molar-refractivity contribution in [1.82, 2.24) is 10.3 Å². The van der Waals surface area contributed by atoms with Gasteiger partial charge in [-0.2, -0.15) is 0 Å². The fourth-order valence-electron chi connectivity index (χ4n) is 3.36. The van der Waals surface area contributed by atoms with Gasteiger partial charge in [0.05, 0.1) is 19.3 Å². The van der Waals surface area contributed by atoms with Crippen molar-refractivity contribution in [1.29, 1.82) is 0 Å². The molecule has 1 aromatic heterocycles. The average Bonchev–Trinajstić information content (AvgIpc) is 2.73. The molecule has 0 bridgehead atoms. The van der Waals surface area contributed by atoms with E-state index >= 15 is 0 Å². The van der Waals surface area contributed by atoms with Gasteiger partial charge in [0.15, 0.2) is 0 Å². The molecule has 0 atom stereocenters. The average molecular weight is 367 g/mol. The summed E-state index contributed by atoms with van der Waals surface area (Å²) in [6.45, 7) is 0.442. The third-order valence-electron chi connectivity index (χ3n) is 5.00. The van der Waals surface area contributed by atoms with Crippen LogP contribution in [0.25, 0.3) is 0 Å². The van der Waals surface area contributed by atoms with E-state index in [0.717, 1.165) is 42.8 Å². The summed E-state index contributed by atoms with van der Waals surface area (Å²) in [5.41, 5.74) is 1.61. The lowest BCUT2D eigenvalue weighted by atomic mass is 9.81. The van der Waals surface area contributed by atoms with Crippen LogP contribution in [0.2, 0.25) is 0 Å². The molecule has 2 amide bonds. The molecule has 0 unspecified atom stereocenters. The molecule has 1 heterocycles. The molecule has 1 aliphatic rings. The fraction of sp³-hybridized carbons (Fsp3) is 0.381. The van der Waals surface area contributed by atoms with Crippen molar-refractivity contribution in [3.63, 3.8) is 0 Å². The van der Waals surface area contributed by atoms with E-state index in [1.807, 2.05) is 42.5 Å². The number of anilines is 1. The molecule has 2 aromatic rings. The summed E-state index contributed by atoms with van der Waals surface area (Å²) in [6.07, 6.45) is 4.63. The van der Waals surface area contributed by atoms with Crippen LogP contribution in [0.4, 0.5) is 5.69 Å². The van der Waals surface area contributed by atoms with Gasteiger partial charge in [0.2, 0.25) is 11.8 Å². The number of carbonyl (C=O) groups excluding carboxylic acids is 2. The SMILES string of the molecule is COc1ccc(NC(=O)C2CCC(C(=O)NCc3ccccn3)CC2)cc1. The van der Waals surface area contributed by atoms with Crippen LogP contribution in [0, 0.1) is 11.8 Å².